The summed E-state index contributed by atoms with van der Waals surface area (Å²) in [6.07, 6.45) is -0.666. The largest absolute Gasteiger partial charge is 0.345 e. The van der Waals surface area contributed by atoms with E-state index in [-0.39, 0.29) is 5.89 Å². The molecule has 108 valence electrons. The Hall–Kier alpha value is -1.14. The zero-order chi connectivity index (χ0) is 14.5. The molecule has 0 bridgehead atoms. The molecule has 0 fully saturated rings. The van der Waals surface area contributed by atoms with Crippen molar-refractivity contribution in [3.8, 4) is 11.4 Å². The predicted molar refractivity (Wildman–Crippen MR) is 75.7 cm³/mol. The third-order valence-electron chi connectivity index (χ3n) is 2.40. The van der Waals surface area contributed by atoms with Gasteiger partial charge in [0.05, 0.1) is 0 Å². The molecule has 2 rings (SSSR count). The van der Waals surface area contributed by atoms with Gasteiger partial charge in [0.25, 0.3) is 5.89 Å². The van der Waals surface area contributed by atoms with Crippen molar-refractivity contribution in [1.29, 1.82) is 0 Å². The van der Waals surface area contributed by atoms with Crippen LogP contribution in [0.15, 0.2) is 22.7 Å². The third kappa shape index (κ3) is 3.70. The fraction of sp³-hybridized carbons (Fsp3) is 0.385. The van der Waals surface area contributed by atoms with Crippen LogP contribution in [0, 0.1) is 0 Å². The van der Waals surface area contributed by atoms with E-state index in [9.17, 15) is 0 Å². The van der Waals surface area contributed by atoms with Crippen molar-refractivity contribution in [2.24, 2.45) is 0 Å². The summed E-state index contributed by atoms with van der Waals surface area (Å²) in [5, 5.41) is 4.90. The number of ether oxygens (including phenoxy) is 2. The maximum Gasteiger partial charge on any atom is 0.283 e. The molecule has 1 aromatic heterocycles. The summed E-state index contributed by atoms with van der Waals surface area (Å²) >= 11 is 11.9. The topological polar surface area (TPSA) is 57.4 Å². The molecule has 5 nitrogen and oxygen atoms in total. The zero-order valence-electron chi connectivity index (χ0n) is 11.1. The fourth-order valence-corrected chi connectivity index (χ4v) is 2.15. The normalized spacial score (nSPS) is 11.2. The molecule has 0 saturated carbocycles. The summed E-state index contributed by atoms with van der Waals surface area (Å²) in [7, 11) is 0. The standard InChI is InChI=1S/C13H14Cl2N2O3/c1-3-18-13(19-4-2)12-16-11(17-20-12)8-5-9(14)7-10(15)6-8/h5-7,13H,3-4H2,1-2H3. The van der Waals surface area contributed by atoms with E-state index in [1.54, 1.807) is 18.2 Å². The number of aromatic nitrogens is 2. The van der Waals surface area contributed by atoms with Crippen molar-refractivity contribution in [2.45, 2.75) is 20.1 Å². The lowest BCUT2D eigenvalue weighted by molar-refractivity contribution is -0.155. The van der Waals surface area contributed by atoms with Gasteiger partial charge in [-0.3, -0.25) is 0 Å². The number of hydrogen-bond acceptors (Lipinski definition) is 5. The summed E-state index contributed by atoms with van der Waals surface area (Å²) in [6, 6.07) is 5.05. The lowest BCUT2D eigenvalue weighted by Crippen LogP contribution is -2.09. The molecule has 20 heavy (non-hydrogen) atoms. The molecule has 7 heteroatoms. The van der Waals surface area contributed by atoms with Crippen molar-refractivity contribution in [3.63, 3.8) is 0 Å². The molecule has 0 unspecified atom stereocenters. The first-order chi connectivity index (χ1) is 9.63. The molecule has 0 saturated heterocycles. The van der Waals surface area contributed by atoms with Crippen LogP contribution in [0.3, 0.4) is 0 Å². The Kier molecular flexibility index (Phi) is 5.37. The van der Waals surface area contributed by atoms with Crippen LogP contribution in [0.4, 0.5) is 0 Å². The second-order valence-corrected chi connectivity index (χ2v) is 4.73. The molecule has 0 atom stereocenters. The molecular formula is C13H14Cl2N2O3. The lowest BCUT2D eigenvalue weighted by Gasteiger charge is -2.11. The third-order valence-corrected chi connectivity index (χ3v) is 2.84. The second kappa shape index (κ2) is 7.04. The van der Waals surface area contributed by atoms with Crippen LogP contribution in [0.5, 0.6) is 0 Å². The molecule has 0 amide bonds. The highest BCUT2D eigenvalue weighted by Crippen LogP contribution is 2.27. The molecule has 1 heterocycles. The van der Waals surface area contributed by atoms with Crippen LogP contribution >= 0.6 is 23.2 Å². The van der Waals surface area contributed by atoms with E-state index in [4.69, 9.17) is 37.2 Å². The minimum atomic E-state index is -0.666. The van der Waals surface area contributed by atoms with Crippen LogP contribution in [-0.4, -0.2) is 23.4 Å². The Morgan fingerprint density at radius 2 is 1.70 bits per heavy atom. The maximum atomic E-state index is 5.95. The van der Waals surface area contributed by atoms with Gasteiger partial charge in [-0.2, -0.15) is 4.98 Å². The predicted octanol–water partition coefficient (Wildman–Crippen LogP) is 4.12. The van der Waals surface area contributed by atoms with Gasteiger partial charge >= 0.3 is 0 Å². The molecule has 1 aromatic carbocycles. The van der Waals surface area contributed by atoms with Gasteiger partial charge in [0.15, 0.2) is 0 Å². The average Bonchev–Trinajstić information content (AvgIpc) is 2.87. The maximum absolute atomic E-state index is 5.95. The molecule has 0 aliphatic heterocycles. The van der Waals surface area contributed by atoms with Gasteiger partial charge in [0.2, 0.25) is 12.1 Å². The van der Waals surface area contributed by atoms with Gasteiger partial charge in [0, 0.05) is 28.8 Å². The first-order valence-electron chi connectivity index (χ1n) is 6.17. The molecule has 0 N–H and O–H groups in total. The summed E-state index contributed by atoms with van der Waals surface area (Å²) in [5.74, 6) is 0.647. The lowest BCUT2D eigenvalue weighted by atomic mass is 10.2. The molecule has 0 spiro atoms. The summed E-state index contributed by atoms with van der Waals surface area (Å²) in [4.78, 5) is 4.26. The number of rotatable bonds is 6. The number of halogens is 2. The SMILES string of the molecule is CCOC(OCC)c1nc(-c2cc(Cl)cc(Cl)c2)no1. The monoisotopic (exact) mass is 316 g/mol. The van der Waals surface area contributed by atoms with E-state index in [2.05, 4.69) is 10.1 Å². The van der Waals surface area contributed by atoms with Crippen LogP contribution < -0.4 is 0 Å². The van der Waals surface area contributed by atoms with Gasteiger partial charge in [-0.25, -0.2) is 0 Å². The van der Waals surface area contributed by atoms with Crippen molar-refractivity contribution in [2.75, 3.05) is 13.2 Å². The molecule has 0 aliphatic rings. The molecular weight excluding hydrogens is 303 g/mol. The molecule has 0 aliphatic carbocycles. The van der Waals surface area contributed by atoms with Gasteiger partial charge in [-0.05, 0) is 32.0 Å². The highest BCUT2D eigenvalue weighted by Gasteiger charge is 2.20. The molecule has 2 aromatic rings. The first kappa shape index (κ1) is 15.3. The Bertz CT molecular complexity index is 548. The van der Waals surface area contributed by atoms with Gasteiger partial charge in [-0.15, -0.1) is 0 Å². The van der Waals surface area contributed by atoms with Gasteiger partial charge in [0.1, 0.15) is 0 Å². The number of benzene rings is 1. The van der Waals surface area contributed by atoms with E-state index in [1.807, 2.05) is 13.8 Å². The Labute approximate surface area is 126 Å². The van der Waals surface area contributed by atoms with E-state index in [0.717, 1.165) is 0 Å². The number of nitrogens with zero attached hydrogens (tertiary/aromatic N) is 2. The van der Waals surface area contributed by atoms with Crippen molar-refractivity contribution in [3.05, 3.63) is 34.1 Å². The minimum absolute atomic E-state index is 0.264. The smallest absolute Gasteiger partial charge is 0.283 e. The quantitative estimate of drug-likeness (QED) is 0.750. The highest BCUT2D eigenvalue weighted by molar-refractivity contribution is 6.35. The van der Waals surface area contributed by atoms with Gasteiger partial charge < -0.3 is 14.0 Å². The van der Waals surface area contributed by atoms with Crippen molar-refractivity contribution < 1.29 is 14.0 Å². The zero-order valence-corrected chi connectivity index (χ0v) is 12.6. The van der Waals surface area contributed by atoms with Crippen LogP contribution in [-0.2, 0) is 9.47 Å². The van der Waals surface area contributed by atoms with E-state index in [0.29, 0.717) is 34.6 Å². The Morgan fingerprint density at radius 3 is 2.25 bits per heavy atom. The summed E-state index contributed by atoms with van der Waals surface area (Å²) in [5.41, 5.74) is 0.671. The van der Waals surface area contributed by atoms with Gasteiger partial charge in [-0.1, -0.05) is 28.4 Å². The van der Waals surface area contributed by atoms with Crippen molar-refractivity contribution >= 4 is 23.2 Å². The number of hydrogen-bond donors (Lipinski definition) is 0. The Morgan fingerprint density at radius 1 is 1.10 bits per heavy atom. The van der Waals surface area contributed by atoms with Crippen molar-refractivity contribution in [1.82, 2.24) is 10.1 Å². The van der Waals surface area contributed by atoms with E-state index >= 15 is 0 Å². The molecule has 0 radical (unpaired) electrons. The van der Waals surface area contributed by atoms with Crippen LogP contribution in [0.25, 0.3) is 11.4 Å². The summed E-state index contributed by atoms with van der Waals surface area (Å²) in [6.45, 7) is 4.68. The fourth-order valence-electron chi connectivity index (χ4n) is 1.62. The van der Waals surface area contributed by atoms with Crippen LogP contribution in [0.1, 0.15) is 26.0 Å². The summed E-state index contributed by atoms with van der Waals surface area (Å²) < 4.78 is 16.0. The average molecular weight is 317 g/mol. The van der Waals surface area contributed by atoms with E-state index in [1.165, 1.54) is 0 Å². The highest BCUT2D eigenvalue weighted by atomic mass is 35.5. The Balaban J connectivity index is 2.27. The van der Waals surface area contributed by atoms with E-state index < -0.39 is 6.29 Å². The minimum Gasteiger partial charge on any atom is -0.345 e. The second-order valence-electron chi connectivity index (χ2n) is 3.86. The first-order valence-corrected chi connectivity index (χ1v) is 6.93. The van der Waals surface area contributed by atoms with Crippen LogP contribution in [0.2, 0.25) is 10.0 Å².